The summed E-state index contributed by atoms with van der Waals surface area (Å²) in [7, 11) is 0. The van der Waals surface area contributed by atoms with Gasteiger partial charge in [-0.25, -0.2) is 0 Å². The van der Waals surface area contributed by atoms with E-state index in [1.165, 1.54) is 0 Å². The van der Waals surface area contributed by atoms with Crippen molar-refractivity contribution in [1.29, 1.82) is 0 Å². The molecule has 0 spiro atoms. The predicted molar refractivity (Wildman–Crippen MR) is 95.0 cm³/mol. The quantitative estimate of drug-likeness (QED) is 0.865. The molecule has 1 N–H and O–H groups in total. The Labute approximate surface area is 151 Å². The molecule has 3 rings (SSSR count). The fourth-order valence-electron chi connectivity index (χ4n) is 3.04. The van der Waals surface area contributed by atoms with Gasteiger partial charge in [0.15, 0.2) is 0 Å². The molecule has 4 nitrogen and oxygen atoms in total. The molecule has 0 radical (unpaired) electrons. The third-order valence-electron chi connectivity index (χ3n) is 4.30. The number of carbonyl (C=O) groups is 1. The van der Waals surface area contributed by atoms with Crippen molar-refractivity contribution in [2.75, 3.05) is 13.1 Å². The van der Waals surface area contributed by atoms with E-state index in [0.29, 0.717) is 16.6 Å². The molecule has 24 heavy (non-hydrogen) atoms. The van der Waals surface area contributed by atoms with E-state index in [-0.39, 0.29) is 11.8 Å². The zero-order chi connectivity index (χ0) is 16.9. The van der Waals surface area contributed by atoms with Crippen LogP contribution >= 0.6 is 23.2 Å². The van der Waals surface area contributed by atoms with Crippen molar-refractivity contribution >= 4 is 29.1 Å². The lowest BCUT2D eigenvalue weighted by Gasteiger charge is -2.32. The first-order valence-electron chi connectivity index (χ1n) is 8.08. The van der Waals surface area contributed by atoms with Gasteiger partial charge in [0.1, 0.15) is 5.76 Å². The van der Waals surface area contributed by atoms with Crippen LogP contribution < -0.4 is 5.32 Å². The van der Waals surface area contributed by atoms with Crippen LogP contribution in [0.25, 0.3) is 0 Å². The number of benzene rings is 1. The molecule has 1 fully saturated rings. The molecule has 2 heterocycles. The van der Waals surface area contributed by atoms with Gasteiger partial charge in [-0.2, -0.15) is 0 Å². The van der Waals surface area contributed by atoms with Crippen LogP contribution in [0.2, 0.25) is 10.0 Å². The summed E-state index contributed by atoms with van der Waals surface area (Å²) in [5.41, 5.74) is 1.04. The minimum absolute atomic E-state index is 0.000196. The fraction of sp³-hybridized carbons (Fsp3) is 0.389. The molecular formula is C18H20Cl2N2O2. The number of piperidine rings is 1. The maximum absolute atomic E-state index is 12.4. The van der Waals surface area contributed by atoms with Gasteiger partial charge in [0.2, 0.25) is 5.91 Å². The van der Waals surface area contributed by atoms with Crippen molar-refractivity contribution < 1.29 is 9.21 Å². The number of carbonyl (C=O) groups excluding carboxylic acids is 1. The SMILES string of the molecule is O=C(NCc1ccco1)[C@H]1CCCN(Cc2ccc(Cl)cc2Cl)C1. The van der Waals surface area contributed by atoms with E-state index in [9.17, 15) is 4.79 Å². The Bertz CT molecular complexity index is 688. The largest absolute Gasteiger partial charge is 0.467 e. The Morgan fingerprint density at radius 2 is 2.21 bits per heavy atom. The topological polar surface area (TPSA) is 45.5 Å². The lowest BCUT2D eigenvalue weighted by molar-refractivity contribution is -0.127. The Hall–Kier alpha value is -1.49. The summed E-state index contributed by atoms with van der Waals surface area (Å²) in [6.07, 6.45) is 3.53. The minimum Gasteiger partial charge on any atom is -0.467 e. The standard InChI is InChI=1S/C18H20Cl2N2O2/c19-15-6-5-13(17(20)9-15)11-22-7-1-3-14(12-22)18(23)21-10-16-4-2-8-24-16/h2,4-6,8-9,14H,1,3,7,10-12H2,(H,21,23)/t14-/m0/s1. The number of likely N-dealkylation sites (tertiary alicyclic amines) is 1. The second-order valence-corrected chi connectivity index (χ2v) is 6.95. The van der Waals surface area contributed by atoms with Crippen molar-refractivity contribution in [3.05, 3.63) is 58.0 Å². The minimum atomic E-state index is -0.000196. The van der Waals surface area contributed by atoms with Crippen molar-refractivity contribution in [1.82, 2.24) is 10.2 Å². The fourth-order valence-corrected chi connectivity index (χ4v) is 3.50. The van der Waals surface area contributed by atoms with Crippen LogP contribution in [0.15, 0.2) is 41.0 Å². The first-order valence-corrected chi connectivity index (χ1v) is 8.84. The molecular weight excluding hydrogens is 347 g/mol. The molecule has 1 aliphatic rings. The Kier molecular flexibility index (Phi) is 5.82. The third-order valence-corrected chi connectivity index (χ3v) is 4.89. The number of furan rings is 1. The van der Waals surface area contributed by atoms with E-state index in [0.717, 1.165) is 43.8 Å². The first kappa shape index (κ1) is 17.3. The summed E-state index contributed by atoms with van der Waals surface area (Å²) in [6.45, 7) is 2.88. The van der Waals surface area contributed by atoms with Gasteiger partial charge < -0.3 is 9.73 Å². The van der Waals surface area contributed by atoms with Crippen molar-refractivity contribution in [3.63, 3.8) is 0 Å². The Morgan fingerprint density at radius 3 is 2.96 bits per heavy atom. The molecule has 128 valence electrons. The third kappa shape index (κ3) is 4.53. The Morgan fingerprint density at radius 1 is 1.33 bits per heavy atom. The van der Waals surface area contributed by atoms with Gasteiger partial charge in [-0.3, -0.25) is 9.69 Å². The van der Waals surface area contributed by atoms with Gasteiger partial charge in [-0.1, -0.05) is 29.3 Å². The number of halogens is 2. The second kappa shape index (κ2) is 8.06. The molecule has 6 heteroatoms. The van der Waals surface area contributed by atoms with Gasteiger partial charge in [0, 0.05) is 23.1 Å². The summed E-state index contributed by atoms with van der Waals surface area (Å²) in [6, 6.07) is 9.23. The van der Waals surface area contributed by atoms with E-state index in [1.807, 2.05) is 24.3 Å². The van der Waals surface area contributed by atoms with Gasteiger partial charge >= 0.3 is 0 Å². The summed E-state index contributed by atoms with van der Waals surface area (Å²) < 4.78 is 5.24. The molecule has 1 atom stereocenters. The molecule has 0 unspecified atom stereocenters. The summed E-state index contributed by atoms with van der Waals surface area (Å²) in [5, 5.41) is 4.26. The van der Waals surface area contributed by atoms with Gasteiger partial charge in [0.05, 0.1) is 18.7 Å². The highest BCUT2D eigenvalue weighted by atomic mass is 35.5. The molecule has 2 aromatic rings. The smallest absolute Gasteiger partial charge is 0.224 e. The van der Waals surface area contributed by atoms with E-state index in [2.05, 4.69) is 10.2 Å². The van der Waals surface area contributed by atoms with Crippen molar-refractivity contribution in [2.45, 2.75) is 25.9 Å². The molecule has 1 aromatic carbocycles. The second-order valence-electron chi connectivity index (χ2n) is 6.11. The number of hydrogen-bond donors (Lipinski definition) is 1. The van der Waals surface area contributed by atoms with Crippen LogP contribution in [0.5, 0.6) is 0 Å². The van der Waals surface area contributed by atoms with Crippen LogP contribution in [0, 0.1) is 5.92 Å². The lowest BCUT2D eigenvalue weighted by Crippen LogP contribution is -2.42. The van der Waals surface area contributed by atoms with E-state index in [1.54, 1.807) is 12.3 Å². The number of amides is 1. The maximum atomic E-state index is 12.4. The van der Waals surface area contributed by atoms with Crippen LogP contribution in [0.3, 0.4) is 0 Å². The number of hydrogen-bond acceptors (Lipinski definition) is 3. The average Bonchev–Trinajstić information content (AvgIpc) is 3.09. The normalized spacial score (nSPS) is 18.5. The van der Waals surface area contributed by atoms with Crippen molar-refractivity contribution in [3.8, 4) is 0 Å². The monoisotopic (exact) mass is 366 g/mol. The average molecular weight is 367 g/mol. The van der Waals surface area contributed by atoms with Crippen LogP contribution in [0.1, 0.15) is 24.2 Å². The molecule has 1 aliphatic heterocycles. The summed E-state index contributed by atoms with van der Waals surface area (Å²) in [5.74, 6) is 0.849. The van der Waals surface area contributed by atoms with Crippen LogP contribution in [-0.4, -0.2) is 23.9 Å². The van der Waals surface area contributed by atoms with Gasteiger partial charge in [-0.05, 0) is 49.2 Å². The molecule has 1 saturated heterocycles. The maximum Gasteiger partial charge on any atom is 0.224 e. The zero-order valence-electron chi connectivity index (χ0n) is 13.3. The Balaban J connectivity index is 1.54. The molecule has 1 aromatic heterocycles. The van der Waals surface area contributed by atoms with E-state index >= 15 is 0 Å². The van der Waals surface area contributed by atoms with Crippen LogP contribution in [0.4, 0.5) is 0 Å². The predicted octanol–water partition coefficient (Wildman–Crippen LogP) is 4.11. The molecule has 0 saturated carbocycles. The number of nitrogens with zero attached hydrogens (tertiary/aromatic N) is 1. The highest BCUT2D eigenvalue weighted by Crippen LogP contribution is 2.25. The van der Waals surface area contributed by atoms with E-state index < -0.39 is 0 Å². The van der Waals surface area contributed by atoms with Gasteiger partial charge in [-0.15, -0.1) is 0 Å². The first-order chi connectivity index (χ1) is 11.6. The van der Waals surface area contributed by atoms with Crippen molar-refractivity contribution in [2.24, 2.45) is 5.92 Å². The number of nitrogens with one attached hydrogen (secondary N) is 1. The molecule has 1 amide bonds. The highest BCUT2D eigenvalue weighted by molar-refractivity contribution is 6.35. The molecule has 0 bridgehead atoms. The lowest BCUT2D eigenvalue weighted by atomic mass is 9.96. The molecule has 0 aliphatic carbocycles. The van der Waals surface area contributed by atoms with Gasteiger partial charge in [0.25, 0.3) is 0 Å². The zero-order valence-corrected chi connectivity index (χ0v) is 14.8. The summed E-state index contributed by atoms with van der Waals surface area (Å²) >= 11 is 12.2. The summed E-state index contributed by atoms with van der Waals surface area (Å²) in [4.78, 5) is 14.7. The highest BCUT2D eigenvalue weighted by Gasteiger charge is 2.26. The van der Waals surface area contributed by atoms with E-state index in [4.69, 9.17) is 27.6 Å². The number of rotatable bonds is 5. The van der Waals surface area contributed by atoms with Crippen LogP contribution in [-0.2, 0) is 17.9 Å².